The molecule has 3 rings (SSSR count). The summed E-state index contributed by atoms with van der Waals surface area (Å²) in [5.41, 5.74) is 2.40. The monoisotopic (exact) mass is 500 g/mol. The molecule has 182 valence electrons. The fraction of sp³-hybridized carbons (Fsp3) is 0.632. The van der Waals surface area contributed by atoms with Crippen LogP contribution in [0, 0.1) is 6.92 Å². The van der Waals surface area contributed by atoms with Crippen LogP contribution in [0.4, 0.5) is 13.2 Å². The summed E-state index contributed by atoms with van der Waals surface area (Å²) in [5, 5.41) is 6.54. The zero-order valence-corrected chi connectivity index (χ0v) is 19.4. The van der Waals surface area contributed by atoms with Crippen LogP contribution in [0.3, 0.4) is 0 Å². The summed E-state index contributed by atoms with van der Waals surface area (Å²) in [4.78, 5) is 11.1. The minimum Gasteiger partial charge on any atom is -0.475 e. The summed E-state index contributed by atoms with van der Waals surface area (Å²) < 4.78 is 82.4. The van der Waals surface area contributed by atoms with Gasteiger partial charge in [-0.2, -0.15) is 17.5 Å². The molecule has 2 atom stereocenters. The second-order valence-electron chi connectivity index (χ2n) is 7.99. The quantitative estimate of drug-likeness (QED) is 0.672. The van der Waals surface area contributed by atoms with E-state index >= 15 is 0 Å². The Bertz CT molecular complexity index is 1030. The van der Waals surface area contributed by atoms with Gasteiger partial charge in [-0.15, -0.1) is 0 Å². The minimum atomic E-state index is -5.08. The summed E-state index contributed by atoms with van der Waals surface area (Å²) in [6.07, 6.45) is -2.86. The number of halogens is 3. The van der Waals surface area contributed by atoms with Gasteiger partial charge in [-0.3, -0.25) is 4.90 Å². The number of sulfone groups is 1. The number of aliphatic carboxylic acids is 1. The lowest BCUT2D eigenvalue weighted by Gasteiger charge is -2.38. The molecule has 0 saturated carbocycles. The molecule has 0 aromatic heterocycles. The largest absolute Gasteiger partial charge is 0.490 e. The van der Waals surface area contributed by atoms with Crippen LogP contribution in [0.2, 0.25) is 0 Å². The Balaban J connectivity index is 0.000000451. The van der Waals surface area contributed by atoms with Crippen LogP contribution in [0.15, 0.2) is 24.3 Å². The molecule has 0 radical (unpaired) electrons. The van der Waals surface area contributed by atoms with Crippen molar-refractivity contribution in [3.8, 4) is 0 Å². The highest BCUT2D eigenvalue weighted by molar-refractivity contribution is 7.92. The molecular formula is C19H27F3N2O6S2. The van der Waals surface area contributed by atoms with Crippen molar-refractivity contribution < 1.29 is 39.9 Å². The SMILES string of the molecule is Cc1cccc(CN2CC[C@@H]3[C@H](CC2)N(S(C)(=O)=O)CCS3(=O)=O)c1.O=C(O)C(F)(F)F. The van der Waals surface area contributed by atoms with Crippen molar-refractivity contribution in [2.24, 2.45) is 0 Å². The van der Waals surface area contributed by atoms with Gasteiger partial charge in [0.25, 0.3) is 0 Å². The van der Waals surface area contributed by atoms with Crippen LogP contribution in [-0.4, -0.2) is 86.2 Å². The number of fused-ring (bicyclic) bond motifs is 1. The van der Waals surface area contributed by atoms with Crippen molar-refractivity contribution in [3.63, 3.8) is 0 Å². The number of alkyl halides is 3. The molecule has 1 aromatic carbocycles. The smallest absolute Gasteiger partial charge is 0.475 e. The summed E-state index contributed by atoms with van der Waals surface area (Å²) in [6.45, 7) is 4.28. The van der Waals surface area contributed by atoms with E-state index in [0.717, 1.165) is 6.54 Å². The zero-order valence-electron chi connectivity index (χ0n) is 17.7. The van der Waals surface area contributed by atoms with E-state index in [-0.39, 0.29) is 12.3 Å². The molecule has 2 saturated heterocycles. The Morgan fingerprint density at radius 3 is 2.31 bits per heavy atom. The standard InChI is InChI=1S/C17H26N2O4S2.C2HF3O2/c1-14-4-3-5-15(12-14)13-18-8-6-16-17(7-9-18)25(22,23)11-10-19(16)24(2,20)21;3-2(4,5)1(6)7/h3-5,12,16-17H,6-11,13H2,1-2H3;(H,6,7)/t16-,17+;/m0./s1. The zero-order chi connectivity index (χ0) is 24.3. The van der Waals surface area contributed by atoms with Crippen LogP contribution in [0.1, 0.15) is 24.0 Å². The van der Waals surface area contributed by atoms with Crippen LogP contribution < -0.4 is 0 Å². The number of aryl methyl sites for hydroxylation is 1. The molecule has 2 heterocycles. The van der Waals surface area contributed by atoms with Gasteiger partial charge in [-0.25, -0.2) is 21.6 Å². The number of hydrogen-bond acceptors (Lipinski definition) is 6. The van der Waals surface area contributed by atoms with Gasteiger partial charge in [0, 0.05) is 25.7 Å². The van der Waals surface area contributed by atoms with Crippen molar-refractivity contribution in [2.45, 2.75) is 43.8 Å². The summed E-state index contributed by atoms with van der Waals surface area (Å²) in [7, 11) is -6.63. The van der Waals surface area contributed by atoms with Crippen LogP contribution in [0.5, 0.6) is 0 Å². The maximum absolute atomic E-state index is 12.5. The van der Waals surface area contributed by atoms with Crippen LogP contribution in [-0.2, 0) is 31.2 Å². The Morgan fingerprint density at radius 2 is 1.78 bits per heavy atom. The third-order valence-corrected chi connectivity index (χ3v) is 9.01. The lowest BCUT2D eigenvalue weighted by atomic mass is 10.1. The molecule has 0 bridgehead atoms. The Hall–Kier alpha value is -1.70. The predicted molar refractivity (Wildman–Crippen MR) is 112 cm³/mol. The number of carboxylic acids is 1. The first-order valence-corrected chi connectivity index (χ1v) is 13.4. The number of carboxylic acid groups (broad SMARTS) is 1. The van der Waals surface area contributed by atoms with Gasteiger partial charge in [0.15, 0.2) is 9.84 Å². The van der Waals surface area contributed by atoms with Crippen molar-refractivity contribution in [2.75, 3.05) is 31.6 Å². The van der Waals surface area contributed by atoms with Gasteiger partial charge >= 0.3 is 12.1 Å². The summed E-state index contributed by atoms with van der Waals surface area (Å²) in [5.74, 6) is -2.83. The average Bonchev–Trinajstić information content (AvgIpc) is 2.84. The van der Waals surface area contributed by atoms with Gasteiger partial charge in [-0.05, 0) is 31.9 Å². The summed E-state index contributed by atoms with van der Waals surface area (Å²) >= 11 is 0. The number of rotatable bonds is 3. The van der Waals surface area contributed by atoms with Gasteiger partial charge < -0.3 is 5.11 Å². The Morgan fingerprint density at radius 1 is 1.19 bits per heavy atom. The molecule has 8 nitrogen and oxygen atoms in total. The summed E-state index contributed by atoms with van der Waals surface area (Å²) in [6, 6.07) is 7.85. The average molecular weight is 501 g/mol. The van der Waals surface area contributed by atoms with Crippen molar-refractivity contribution in [1.82, 2.24) is 9.21 Å². The highest BCUT2D eigenvalue weighted by Crippen LogP contribution is 2.30. The highest BCUT2D eigenvalue weighted by atomic mass is 32.2. The first kappa shape index (κ1) is 26.6. The molecule has 1 aromatic rings. The van der Waals surface area contributed by atoms with Crippen LogP contribution >= 0.6 is 0 Å². The minimum absolute atomic E-state index is 0.0703. The van der Waals surface area contributed by atoms with E-state index in [1.165, 1.54) is 21.7 Å². The lowest BCUT2D eigenvalue weighted by Crippen LogP contribution is -2.56. The van der Waals surface area contributed by atoms with E-state index in [4.69, 9.17) is 9.90 Å². The Kier molecular flexibility index (Phi) is 8.35. The highest BCUT2D eigenvalue weighted by Gasteiger charge is 2.45. The first-order chi connectivity index (χ1) is 14.6. The fourth-order valence-corrected chi connectivity index (χ4v) is 7.38. The van der Waals surface area contributed by atoms with E-state index < -0.39 is 43.3 Å². The van der Waals surface area contributed by atoms with Gasteiger partial charge in [0.1, 0.15) is 0 Å². The van der Waals surface area contributed by atoms with Gasteiger partial charge in [0.2, 0.25) is 10.0 Å². The first-order valence-electron chi connectivity index (χ1n) is 9.87. The maximum atomic E-state index is 12.5. The van der Waals surface area contributed by atoms with E-state index in [2.05, 4.69) is 30.0 Å². The van der Waals surface area contributed by atoms with Crippen LogP contribution in [0.25, 0.3) is 0 Å². The second kappa shape index (κ2) is 10.1. The van der Waals surface area contributed by atoms with Crippen molar-refractivity contribution >= 4 is 25.8 Å². The van der Waals surface area contributed by atoms with E-state index in [1.807, 2.05) is 6.07 Å². The Labute approximate surface area is 186 Å². The van der Waals surface area contributed by atoms with E-state index in [1.54, 1.807) is 0 Å². The lowest BCUT2D eigenvalue weighted by molar-refractivity contribution is -0.192. The molecule has 0 amide bonds. The maximum Gasteiger partial charge on any atom is 0.490 e. The third kappa shape index (κ3) is 7.15. The van der Waals surface area contributed by atoms with E-state index in [9.17, 15) is 30.0 Å². The molecule has 0 aliphatic carbocycles. The number of likely N-dealkylation sites (tertiary alicyclic amines) is 1. The van der Waals surface area contributed by atoms with Crippen molar-refractivity contribution in [3.05, 3.63) is 35.4 Å². The van der Waals surface area contributed by atoms with E-state index in [0.29, 0.717) is 25.9 Å². The number of carbonyl (C=O) groups is 1. The molecule has 1 N–H and O–H groups in total. The van der Waals surface area contributed by atoms with Gasteiger partial charge in [0.05, 0.1) is 17.3 Å². The predicted octanol–water partition coefficient (Wildman–Crippen LogP) is 1.65. The molecule has 2 aliphatic rings. The third-order valence-electron chi connectivity index (χ3n) is 5.48. The number of sulfonamides is 1. The topological polar surface area (TPSA) is 112 Å². The molecule has 0 unspecified atom stereocenters. The molecule has 2 fully saturated rings. The number of benzene rings is 1. The molecular weight excluding hydrogens is 473 g/mol. The fourth-order valence-electron chi connectivity index (χ4n) is 4.04. The number of nitrogens with zero attached hydrogens (tertiary/aromatic N) is 2. The van der Waals surface area contributed by atoms with Crippen molar-refractivity contribution in [1.29, 1.82) is 0 Å². The normalized spacial score (nSPS) is 24.5. The number of hydrogen-bond donors (Lipinski definition) is 1. The molecule has 2 aliphatic heterocycles. The second-order valence-corrected chi connectivity index (χ2v) is 12.3. The van der Waals surface area contributed by atoms with Gasteiger partial charge in [-0.1, -0.05) is 29.8 Å². The molecule has 13 heteroatoms. The molecule has 0 spiro atoms. The molecule has 32 heavy (non-hydrogen) atoms.